The Balaban J connectivity index is 1.70. The highest BCUT2D eigenvalue weighted by molar-refractivity contribution is 5.41. The summed E-state index contributed by atoms with van der Waals surface area (Å²) in [6, 6.07) is 6.59. The Hall–Kier alpha value is -1.46. The molecule has 1 aromatic carbocycles. The van der Waals surface area contributed by atoms with Crippen molar-refractivity contribution in [1.29, 1.82) is 0 Å². The zero-order valence-electron chi connectivity index (χ0n) is 14.1. The first-order valence-electron chi connectivity index (χ1n) is 8.89. The zero-order valence-corrected chi connectivity index (χ0v) is 14.1. The quantitative estimate of drug-likeness (QED) is 0.797. The van der Waals surface area contributed by atoms with Gasteiger partial charge in [0.1, 0.15) is 11.4 Å². The summed E-state index contributed by atoms with van der Waals surface area (Å²) in [5, 5.41) is 11.0. The fourth-order valence-corrected chi connectivity index (χ4v) is 5.94. The summed E-state index contributed by atoms with van der Waals surface area (Å²) in [7, 11) is 1.73. The second-order valence-electron chi connectivity index (χ2n) is 7.98. The molecule has 23 heavy (non-hydrogen) atoms. The van der Waals surface area contributed by atoms with Gasteiger partial charge >= 0.3 is 0 Å². The van der Waals surface area contributed by atoms with Crippen LogP contribution in [0.5, 0.6) is 5.75 Å². The highest BCUT2D eigenvalue weighted by Gasteiger charge is 2.61. The number of benzene rings is 1. The molecule has 2 nitrogen and oxygen atoms in total. The van der Waals surface area contributed by atoms with Gasteiger partial charge < -0.3 is 9.84 Å². The molecule has 122 valence electrons. The van der Waals surface area contributed by atoms with Crippen molar-refractivity contribution in [2.24, 2.45) is 17.3 Å². The van der Waals surface area contributed by atoms with E-state index in [9.17, 15) is 5.11 Å². The van der Waals surface area contributed by atoms with Crippen LogP contribution in [-0.2, 0) is 6.42 Å². The Bertz CT molecular complexity index is 673. The SMILES string of the molecule is C#C[C@]1(O)CC[C@@H]2[C@@H]3CCc4cc(OC)ccc4[C@H]3CC[C@]21C. The highest BCUT2D eigenvalue weighted by atomic mass is 16.5. The van der Waals surface area contributed by atoms with E-state index >= 15 is 0 Å². The molecular weight excluding hydrogens is 284 g/mol. The van der Waals surface area contributed by atoms with E-state index in [0.29, 0.717) is 17.8 Å². The second kappa shape index (κ2) is 5.02. The van der Waals surface area contributed by atoms with Gasteiger partial charge in [0, 0.05) is 5.41 Å². The third-order valence-electron chi connectivity index (χ3n) is 7.32. The lowest BCUT2D eigenvalue weighted by molar-refractivity contribution is -0.0646. The van der Waals surface area contributed by atoms with Gasteiger partial charge in [0.2, 0.25) is 0 Å². The Morgan fingerprint density at radius 3 is 2.83 bits per heavy atom. The van der Waals surface area contributed by atoms with E-state index in [2.05, 4.69) is 31.0 Å². The number of terminal acetylenes is 1. The van der Waals surface area contributed by atoms with E-state index in [1.807, 2.05) is 0 Å². The lowest BCUT2D eigenvalue weighted by Gasteiger charge is -2.52. The van der Waals surface area contributed by atoms with Crippen molar-refractivity contribution >= 4 is 0 Å². The number of methoxy groups -OCH3 is 1. The van der Waals surface area contributed by atoms with Crippen molar-refractivity contribution in [2.75, 3.05) is 7.11 Å². The number of ether oxygens (including phenoxy) is 1. The van der Waals surface area contributed by atoms with Gasteiger partial charge in [-0.1, -0.05) is 18.9 Å². The standard InChI is InChI=1S/C21H26O2/c1-4-21(22)12-10-19-18-7-5-14-13-15(23-3)6-8-16(14)17(18)9-11-20(19,21)2/h1,6,8,13,17-19,22H,5,7,9-12H2,2-3H3/t17-,18-,19-,20-,21+/m1/s1. The predicted molar refractivity (Wildman–Crippen MR) is 91.4 cm³/mol. The minimum atomic E-state index is -0.900. The van der Waals surface area contributed by atoms with E-state index in [1.54, 1.807) is 7.11 Å². The third-order valence-corrected chi connectivity index (χ3v) is 7.32. The molecule has 5 atom stereocenters. The van der Waals surface area contributed by atoms with Crippen molar-refractivity contribution in [2.45, 2.75) is 57.0 Å². The first kappa shape index (κ1) is 15.1. The van der Waals surface area contributed by atoms with Gasteiger partial charge in [-0.2, -0.15) is 0 Å². The first-order chi connectivity index (χ1) is 11.0. The summed E-state index contributed by atoms with van der Waals surface area (Å²) in [5.74, 6) is 5.56. The van der Waals surface area contributed by atoms with Gasteiger partial charge in [0.25, 0.3) is 0 Å². The number of rotatable bonds is 1. The van der Waals surface area contributed by atoms with Crippen LogP contribution in [0.2, 0.25) is 0 Å². The molecule has 1 N–H and O–H groups in total. The molecule has 0 aliphatic heterocycles. The van der Waals surface area contributed by atoms with E-state index in [4.69, 9.17) is 11.2 Å². The van der Waals surface area contributed by atoms with E-state index in [1.165, 1.54) is 17.5 Å². The maximum atomic E-state index is 11.0. The zero-order chi connectivity index (χ0) is 16.2. The van der Waals surface area contributed by atoms with E-state index < -0.39 is 5.60 Å². The van der Waals surface area contributed by atoms with Gasteiger partial charge in [0.05, 0.1) is 7.11 Å². The average molecular weight is 310 g/mol. The molecule has 0 amide bonds. The first-order valence-corrected chi connectivity index (χ1v) is 8.89. The molecule has 0 radical (unpaired) electrons. The molecule has 3 aliphatic rings. The number of aryl methyl sites for hydroxylation is 1. The lowest BCUT2D eigenvalue weighted by Crippen LogP contribution is -2.50. The highest BCUT2D eigenvalue weighted by Crippen LogP contribution is 2.64. The molecule has 0 aromatic heterocycles. The summed E-state index contributed by atoms with van der Waals surface area (Å²) < 4.78 is 5.39. The van der Waals surface area contributed by atoms with Crippen LogP contribution < -0.4 is 4.74 Å². The van der Waals surface area contributed by atoms with Crippen LogP contribution in [-0.4, -0.2) is 17.8 Å². The lowest BCUT2D eigenvalue weighted by atomic mass is 9.53. The molecule has 2 fully saturated rings. The number of aliphatic hydroxyl groups is 1. The predicted octanol–water partition coefficient (Wildman–Crippen LogP) is 3.92. The number of fused-ring (bicyclic) bond motifs is 5. The topological polar surface area (TPSA) is 29.5 Å². The smallest absolute Gasteiger partial charge is 0.130 e. The van der Waals surface area contributed by atoms with Crippen LogP contribution >= 0.6 is 0 Å². The van der Waals surface area contributed by atoms with Gasteiger partial charge in [-0.25, -0.2) is 0 Å². The maximum absolute atomic E-state index is 11.0. The fourth-order valence-electron chi connectivity index (χ4n) is 5.94. The average Bonchev–Trinajstić information content (AvgIpc) is 2.86. The second-order valence-corrected chi connectivity index (χ2v) is 7.98. The van der Waals surface area contributed by atoms with Gasteiger partial charge in [-0.05, 0) is 79.5 Å². The van der Waals surface area contributed by atoms with Gasteiger partial charge in [0.15, 0.2) is 0 Å². The number of hydrogen-bond acceptors (Lipinski definition) is 2. The van der Waals surface area contributed by atoms with Gasteiger partial charge in [-0.15, -0.1) is 6.42 Å². The molecule has 4 rings (SSSR count). The number of hydrogen-bond donors (Lipinski definition) is 1. The van der Waals surface area contributed by atoms with E-state index in [-0.39, 0.29) is 5.41 Å². The van der Waals surface area contributed by atoms with Crippen LogP contribution in [0.1, 0.15) is 56.1 Å². The Labute approximate surface area is 139 Å². The largest absolute Gasteiger partial charge is 0.497 e. The van der Waals surface area contributed by atoms with Crippen molar-refractivity contribution < 1.29 is 9.84 Å². The molecule has 0 heterocycles. The van der Waals surface area contributed by atoms with Gasteiger partial charge in [-0.3, -0.25) is 0 Å². The molecule has 0 spiro atoms. The summed E-state index contributed by atoms with van der Waals surface area (Å²) in [4.78, 5) is 0. The molecule has 3 aliphatic carbocycles. The molecule has 0 bridgehead atoms. The summed E-state index contributed by atoms with van der Waals surface area (Å²) in [6.07, 6.45) is 12.1. The van der Waals surface area contributed by atoms with Crippen molar-refractivity contribution in [3.05, 3.63) is 29.3 Å². The third kappa shape index (κ3) is 1.93. The molecular formula is C21H26O2. The normalized spacial score (nSPS) is 41.4. The van der Waals surface area contributed by atoms with Crippen molar-refractivity contribution in [3.8, 4) is 18.1 Å². The molecule has 0 saturated heterocycles. The Morgan fingerprint density at radius 1 is 1.26 bits per heavy atom. The van der Waals surface area contributed by atoms with Crippen LogP contribution in [0.4, 0.5) is 0 Å². The minimum absolute atomic E-state index is 0.104. The van der Waals surface area contributed by atoms with Crippen molar-refractivity contribution in [1.82, 2.24) is 0 Å². The van der Waals surface area contributed by atoms with Crippen LogP contribution in [0.25, 0.3) is 0 Å². The van der Waals surface area contributed by atoms with Crippen LogP contribution in [0.15, 0.2) is 18.2 Å². The van der Waals surface area contributed by atoms with E-state index in [0.717, 1.165) is 37.9 Å². The fraction of sp³-hybridized carbons (Fsp3) is 0.619. The molecule has 2 saturated carbocycles. The Kier molecular flexibility index (Phi) is 3.29. The minimum Gasteiger partial charge on any atom is -0.497 e. The monoisotopic (exact) mass is 310 g/mol. The summed E-state index contributed by atoms with van der Waals surface area (Å²) in [6.45, 7) is 2.24. The van der Waals surface area contributed by atoms with Crippen LogP contribution in [0.3, 0.4) is 0 Å². The summed E-state index contributed by atoms with van der Waals surface area (Å²) in [5.41, 5.74) is 1.97. The van der Waals surface area contributed by atoms with Crippen molar-refractivity contribution in [3.63, 3.8) is 0 Å². The molecule has 0 unspecified atom stereocenters. The maximum Gasteiger partial charge on any atom is 0.130 e. The molecule has 2 heteroatoms. The van der Waals surface area contributed by atoms with Crippen LogP contribution in [0, 0.1) is 29.6 Å². The summed E-state index contributed by atoms with van der Waals surface area (Å²) >= 11 is 0. The Morgan fingerprint density at radius 2 is 2.09 bits per heavy atom. The molecule has 1 aromatic rings.